The lowest BCUT2D eigenvalue weighted by Gasteiger charge is -2.36. The predicted molar refractivity (Wildman–Crippen MR) is 75.6 cm³/mol. The molecule has 0 spiro atoms. The molecule has 6 heteroatoms. The topological polar surface area (TPSA) is 64.1 Å². The van der Waals surface area contributed by atoms with Crippen molar-refractivity contribution in [1.82, 2.24) is 14.7 Å². The maximum Gasteiger partial charge on any atom is 0.320 e. The Kier molecular flexibility index (Phi) is 4.86. The van der Waals surface area contributed by atoms with E-state index >= 15 is 0 Å². The van der Waals surface area contributed by atoms with E-state index in [1.165, 1.54) is 0 Å². The molecule has 2 heterocycles. The summed E-state index contributed by atoms with van der Waals surface area (Å²) in [5, 5.41) is 9.12. The molecule has 2 aliphatic heterocycles. The van der Waals surface area contributed by atoms with Gasteiger partial charge in [-0.25, -0.2) is 4.79 Å². The number of carbonyl (C=O) groups excluding carboxylic acids is 1. The van der Waals surface area contributed by atoms with Crippen molar-refractivity contribution in [2.24, 2.45) is 5.92 Å². The molecule has 2 atom stereocenters. The molecule has 2 saturated heterocycles. The van der Waals surface area contributed by atoms with Crippen LogP contribution in [0.15, 0.2) is 0 Å². The first-order valence-corrected chi connectivity index (χ1v) is 7.42. The minimum atomic E-state index is -0.784. The molecular weight excluding hydrogens is 258 g/mol. The standard InChI is InChI=1S/C14H25N3O3/c1-15(2)10-12-6-4-8-17(12)14(20)16-7-3-5-11(9-16)13(18)19/h11-12H,3-10H2,1-2H3,(H,18,19)/t11-,12?/m0/s1. The summed E-state index contributed by atoms with van der Waals surface area (Å²) in [6, 6.07) is 0.294. The minimum absolute atomic E-state index is 0.0281. The van der Waals surface area contributed by atoms with E-state index in [0.717, 1.165) is 32.4 Å². The first-order chi connectivity index (χ1) is 9.49. The molecule has 0 aromatic carbocycles. The van der Waals surface area contributed by atoms with Gasteiger partial charge in [0.2, 0.25) is 0 Å². The number of hydrogen-bond donors (Lipinski definition) is 1. The van der Waals surface area contributed by atoms with Gasteiger partial charge in [-0.2, -0.15) is 0 Å². The zero-order chi connectivity index (χ0) is 14.7. The minimum Gasteiger partial charge on any atom is -0.481 e. The summed E-state index contributed by atoms with van der Waals surface area (Å²) in [5.74, 6) is -1.18. The summed E-state index contributed by atoms with van der Waals surface area (Å²) in [4.78, 5) is 29.5. The average Bonchev–Trinajstić information content (AvgIpc) is 2.85. The van der Waals surface area contributed by atoms with Crippen LogP contribution < -0.4 is 0 Å². The zero-order valence-corrected chi connectivity index (χ0v) is 12.4. The highest BCUT2D eigenvalue weighted by Gasteiger charge is 2.35. The van der Waals surface area contributed by atoms with Crippen molar-refractivity contribution in [3.63, 3.8) is 0 Å². The van der Waals surface area contributed by atoms with Crippen LogP contribution in [0.3, 0.4) is 0 Å². The highest BCUT2D eigenvalue weighted by Crippen LogP contribution is 2.23. The van der Waals surface area contributed by atoms with Crippen molar-refractivity contribution in [1.29, 1.82) is 0 Å². The molecule has 20 heavy (non-hydrogen) atoms. The van der Waals surface area contributed by atoms with E-state index < -0.39 is 11.9 Å². The fraction of sp³-hybridized carbons (Fsp3) is 0.857. The number of carboxylic acid groups (broad SMARTS) is 1. The van der Waals surface area contributed by atoms with Gasteiger partial charge in [-0.3, -0.25) is 4.79 Å². The number of urea groups is 1. The third kappa shape index (κ3) is 3.42. The first-order valence-electron chi connectivity index (χ1n) is 7.42. The Morgan fingerprint density at radius 1 is 1.20 bits per heavy atom. The molecule has 114 valence electrons. The highest BCUT2D eigenvalue weighted by atomic mass is 16.4. The molecule has 1 unspecified atom stereocenters. The second kappa shape index (κ2) is 6.43. The second-order valence-corrected chi connectivity index (χ2v) is 6.16. The third-order valence-electron chi connectivity index (χ3n) is 4.24. The Labute approximate surface area is 120 Å². The second-order valence-electron chi connectivity index (χ2n) is 6.16. The maximum atomic E-state index is 12.6. The van der Waals surface area contributed by atoms with Crippen LogP contribution in [-0.4, -0.2) is 78.1 Å². The zero-order valence-electron chi connectivity index (χ0n) is 12.4. The van der Waals surface area contributed by atoms with Gasteiger partial charge in [0.05, 0.1) is 5.92 Å². The SMILES string of the molecule is CN(C)CC1CCCN1C(=O)N1CCC[C@H](C(=O)O)C1. The number of hydrogen-bond acceptors (Lipinski definition) is 3. The summed E-state index contributed by atoms with van der Waals surface area (Å²) in [7, 11) is 4.03. The highest BCUT2D eigenvalue weighted by molar-refractivity contribution is 5.77. The largest absolute Gasteiger partial charge is 0.481 e. The number of rotatable bonds is 3. The number of carbonyl (C=O) groups is 2. The molecule has 0 radical (unpaired) electrons. The first kappa shape index (κ1) is 15.1. The van der Waals surface area contributed by atoms with E-state index in [1.54, 1.807) is 4.90 Å². The molecule has 0 saturated carbocycles. The molecule has 2 aliphatic rings. The van der Waals surface area contributed by atoms with Gasteiger partial charge in [-0.15, -0.1) is 0 Å². The van der Waals surface area contributed by atoms with Crippen molar-refractivity contribution < 1.29 is 14.7 Å². The Balaban J connectivity index is 1.97. The van der Waals surface area contributed by atoms with Gasteiger partial charge in [0.25, 0.3) is 0 Å². The van der Waals surface area contributed by atoms with E-state index in [9.17, 15) is 9.59 Å². The van der Waals surface area contributed by atoms with Gasteiger partial charge in [0.1, 0.15) is 0 Å². The molecule has 2 rings (SSSR count). The molecule has 0 bridgehead atoms. The smallest absolute Gasteiger partial charge is 0.320 e. The van der Waals surface area contributed by atoms with Gasteiger partial charge in [0, 0.05) is 32.2 Å². The molecule has 0 aliphatic carbocycles. The van der Waals surface area contributed by atoms with Gasteiger partial charge >= 0.3 is 12.0 Å². The fourth-order valence-corrected chi connectivity index (χ4v) is 3.23. The van der Waals surface area contributed by atoms with Crippen LogP contribution in [0.4, 0.5) is 4.79 Å². The van der Waals surface area contributed by atoms with E-state index in [2.05, 4.69) is 4.90 Å². The molecule has 0 aromatic rings. The van der Waals surface area contributed by atoms with E-state index in [0.29, 0.717) is 19.5 Å². The molecule has 2 amide bonds. The summed E-state index contributed by atoms with van der Waals surface area (Å²) in [5.41, 5.74) is 0. The lowest BCUT2D eigenvalue weighted by Crippen LogP contribution is -2.51. The van der Waals surface area contributed by atoms with Crippen LogP contribution in [0.2, 0.25) is 0 Å². The van der Waals surface area contributed by atoms with Gasteiger partial charge in [-0.1, -0.05) is 0 Å². The molecule has 2 fully saturated rings. The average molecular weight is 283 g/mol. The quantitative estimate of drug-likeness (QED) is 0.837. The summed E-state index contributed by atoms with van der Waals surface area (Å²) < 4.78 is 0. The number of aliphatic carboxylic acids is 1. The lowest BCUT2D eigenvalue weighted by atomic mass is 9.98. The van der Waals surface area contributed by atoms with E-state index in [4.69, 9.17) is 5.11 Å². The van der Waals surface area contributed by atoms with Crippen molar-refractivity contribution in [2.45, 2.75) is 31.7 Å². The van der Waals surface area contributed by atoms with Gasteiger partial charge < -0.3 is 19.8 Å². The Hall–Kier alpha value is -1.30. The van der Waals surface area contributed by atoms with Crippen LogP contribution >= 0.6 is 0 Å². The van der Waals surface area contributed by atoms with Gasteiger partial charge in [0.15, 0.2) is 0 Å². The summed E-state index contributed by atoms with van der Waals surface area (Å²) in [6.45, 7) is 2.72. The van der Waals surface area contributed by atoms with Crippen LogP contribution in [0.25, 0.3) is 0 Å². The molecule has 0 aromatic heterocycles. The van der Waals surface area contributed by atoms with Crippen LogP contribution in [0, 0.1) is 5.92 Å². The molecule has 6 nitrogen and oxygen atoms in total. The van der Waals surface area contributed by atoms with Crippen molar-refractivity contribution in [3.05, 3.63) is 0 Å². The number of nitrogens with zero attached hydrogens (tertiary/aromatic N) is 3. The normalized spacial score (nSPS) is 27.1. The van der Waals surface area contributed by atoms with Crippen molar-refractivity contribution in [3.8, 4) is 0 Å². The monoisotopic (exact) mass is 283 g/mol. The number of piperidine rings is 1. The Morgan fingerprint density at radius 2 is 1.90 bits per heavy atom. The van der Waals surface area contributed by atoms with Crippen LogP contribution in [0.5, 0.6) is 0 Å². The van der Waals surface area contributed by atoms with E-state index in [-0.39, 0.29) is 12.1 Å². The summed E-state index contributed by atoms with van der Waals surface area (Å²) >= 11 is 0. The fourth-order valence-electron chi connectivity index (χ4n) is 3.23. The maximum absolute atomic E-state index is 12.6. The molecule has 1 N–H and O–H groups in total. The Bertz CT molecular complexity index is 373. The number of likely N-dealkylation sites (tertiary alicyclic amines) is 2. The lowest BCUT2D eigenvalue weighted by molar-refractivity contribution is -0.143. The van der Waals surface area contributed by atoms with Crippen molar-refractivity contribution >= 4 is 12.0 Å². The number of likely N-dealkylation sites (N-methyl/N-ethyl adjacent to an activating group) is 1. The van der Waals surface area contributed by atoms with Gasteiger partial charge in [-0.05, 0) is 39.8 Å². The number of carboxylic acids is 1. The van der Waals surface area contributed by atoms with E-state index in [1.807, 2.05) is 19.0 Å². The van der Waals surface area contributed by atoms with Crippen LogP contribution in [0.1, 0.15) is 25.7 Å². The van der Waals surface area contributed by atoms with Crippen molar-refractivity contribution in [2.75, 3.05) is 40.3 Å². The third-order valence-corrected chi connectivity index (χ3v) is 4.24. The summed E-state index contributed by atoms with van der Waals surface area (Å²) in [6.07, 6.45) is 3.55. The Morgan fingerprint density at radius 3 is 2.55 bits per heavy atom. The number of amides is 2. The molecular formula is C14H25N3O3. The van der Waals surface area contributed by atoms with Crippen LogP contribution in [-0.2, 0) is 4.79 Å². The predicted octanol–water partition coefficient (Wildman–Crippen LogP) is 0.929.